The Kier molecular flexibility index (Phi) is 12.2. The molecule has 196 valence electrons. The van der Waals surface area contributed by atoms with E-state index in [4.69, 9.17) is 4.74 Å². The van der Waals surface area contributed by atoms with Crippen molar-refractivity contribution >= 4 is 11.6 Å². The Morgan fingerprint density at radius 1 is 0.778 bits per heavy atom. The molecule has 1 aliphatic rings. The van der Waals surface area contributed by atoms with E-state index < -0.39 is 5.92 Å². The first kappa shape index (κ1) is 28.2. The van der Waals surface area contributed by atoms with E-state index in [-0.39, 0.29) is 11.6 Å². The summed E-state index contributed by atoms with van der Waals surface area (Å²) in [6.07, 6.45) is 15.0. The molecular weight excluding hydrogens is 444 g/mol. The van der Waals surface area contributed by atoms with Crippen LogP contribution in [0.2, 0.25) is 0 Å². The molecule has 2 atom stereocenters. The minimum atomic E-state index is -0.393. The molecule has 2 aromatic carbocycles. The second kappa shape index (κ2) is 15.6. The number of rotatable bonds is 16. The van der Waals surface area contributed by atoms with Crippen LogP contribution in [0.15, 0.2) is 48.5 Å². The number of benzene rings is 2. The fraction of sp³-hybridized carbons (Fsp3) is 0.576. The van der Waals surface area contributed by atoms with Crippen LogP contribution >= 0.6 is 0 Å². The minimum absolute atomic E-state index is 0.0922. The van der Waals surface area contributed by atoms with Crippen LogP contribution in [0.4, 0.5) is 0 Å². The van der Waals surface area contributed by atoms with Crippen molar-refractivity contribution in [3.05, 3.63) is 54.1 Å². The molecule has 0 N–H and O–H groups in total. The molecule has 3 heteroatoms. The van der Waals surface area contributed by atoms with Crippen molar-refractivity contribution in [2.45, 2.75) is 104 Å². The number of hydrogen-bond acceptors (Lipinski definition) is 3. The number of unbranched alkanes of at least 4 members (excludes halogenated alkanes) is 7. The Morgan fingerprint density at radius 3 is 2.03 bits per heavy atom. The van der Waals surface area contributed by atoms with E-state index in [0.29, 0.717) is 18.8 Å². The Labute approximate surface area is 219 Å². The Bertz CT molecular complexity index is 913. The maximum absolute atomic E-state index is 12.9. The highest BCUT2D eigenvalue weighted by Gasteiger charge is 2.32. The molecule has 3 rings (SSSR count). The van der Waals surface area contributed by atoms with Gasteiger partial charge in [0.15, 0.2) is 0 Å². The monoisotopic (exact) mass is 490 g/mol. The van der Waals surface area contributed by atoms with Crippen molar-refractivity contribution in [3.8, 4) is 16.9 Å². The highest BCUT2D eigenvalue weighted by atomic mass is 16.5. The fourth-order valence-electron chi connectivity index (χ4n) is 5.32. The van der Waals surface area contributed by atoms with Gasteiger partial charge in [-0.3, -0.25) is 9.59 Å². The van der Waals surface area contributed by atoms with Crippen molar-refractivity contribution in [3.63, 3.8) is 0 Å². The van der Waals surface area contributed by atoms with E-state index in [1.165, 1.54) is 51.4 Å². The molecule has 0 amide bonds. The number of ether oxygens (including phenoxy) is 1. The van der Waals surface area contributed by atoms with Crippen LogP contribution in [0.5, 0.6) is 5.75 Å². The Morgan fingerprint density at radius 2 is 1.39 bits per heavy atom. The van der Waals surface area contributed by atoms with Crippen LogP contribution in [0.3, 0.4) is 0 Å². The average Bonchev–Trinajstić information content (AvgIpc) is 2.89. The van der Waals surface area contributed by atoms with Gasteiger partial charge in [-0.25, -0.2) is 0 Å². The van der Waals surface area contributed by atoms with E-state index in [0.717, 1.165) is 54.7 Å². The SMILES string of the molecule is CCCCCCCC1CCC(C(=O)Cc2ccc(-c3ccc(OCCCCCC)cc3)cc2)C(=O)C1. The second-order valence-corrected chi connectivity index (χ2v) is 10.6. The molecule has 0 heterocycles. The first-order valence-corrected chi connectivity index (χ1v) is 14.5. The normalized spacial score (nSPS) is 17.8. The quantitative estimate of drug-likeness (QED) is 0.174. The van der Waals surface area contributed by atoms with E-state index >= 15 is 0 Å². The number of carbonyl (C=O) groups is 2. The summed E-state index contributed by atoms with van der Waals surface area (Å²) in [6.45, 7) is 5.22. The van der Waals surface area contributed by atoms with Crippen LogP contribution in [-0.4, -0.2) is 18.2 Å². The first-order valence-electron chi connectivity index (χ1n) is 14.5. The van der Waals surface area contributed by atoms with E-state index in [2.05, 4.69) is 38.1 Å². The molecule has 0 aliphatic heterocycles. The summed E-state index contributed by atoms with van der Waals surface area (Å²) in [5.74, 6) is 1.27. The summed E-state index contributed by atoms with van der Waals surface area (Å²) in [5, 5.41) is 0. The summed E-state index contributed by atoms with van der Waals surface area (Å²) >= 11 is 0. The zero-order chi connectivity index (χ0) is 25.6. The molecule has 1 aliphatic carbocycles. The highest BCUT2D eigenvalue weighted by Crippen LogP contribution is 2.31. The molecule has 0 saturated heterocycles. The molecule has 2 aromatic rings. The van der Waals surface area contributed by atoms with Crippen LogP contribution in [0.25, 0.3) is 11.1 Å². The largest absolute Gasteiger partial charge is 0.494 e. The summed E-state index contributed by atoms with van der Waals surface area (Å²) in [6, 6.07) is 16.4. The molecule has 0 radical (unpaired) electrons. The average molecular weight is 491 g/mol. The molecule has 0 bridgehead atoms. The van der Waals surface area contributed by atoms with Crippen molar-refractivity contribution in [2.75, 3.05) is 6.61 Å². The van der Waals surface area contributed by atoms with E-state index in [1.54, 1.807) is 0 Å². The smallest absolute Gasteiger partial charge is 0.147 e. The lowest BCUT2D eigenvalue weighted by Crippen LogP contribution is -2.32. The number of ketones is 2. The van der Waals surface area contributed by atoms with Crippen molar-refractivity contribution in [1.82, 2.24) is 0 Å². The zero-order valence-corrected chi connectivity index (χ0v) is 22.6. The summed E-state index contributed by atoms with van der Waals surface area (Å²) < 4.78 is 5.85. The van der Waals surface area contributed by atoms with Gasteiger partial charge < -0.3 is 4.74 Å². The Hall–Kier alpha value is -2.42. The molecule has 1 saturated carbocycles. The van der Waals surface area contributed by atoms with Crippen LogP contribution in [0.1, 0.15) is 103 Å². The lowest BCUT2D eigenvalue weighted by Gasteiger charge is -2.26. The molecule has 36 heavy (non-hydrogen) atoms. The number of carbonyl (C=O) groups excluding carboxylic acids is 2. The van der Waals surface area contributed by atoms with Crippen molar-refractivity contribution in [2.24, 2.45) is 11.8 Å². The van der Waals surface area contributed by atoms with Gasteiger partial charge in [-0.15, -0.1) is 0 Å². The molecule has 1 fully saturated rings. The molecule has 2 unspecified atom stereocenters. The van der Waals surface area contributed by atoms with Gasteiger partial charge in [0.25, 0.3) is 0 Å². The van der Waals surface area contributed by atoms with Gasteiger partial charge in [-0.1, -0.05) is 108 Å². The zero-order valence-electron chi connectivity index (χ0n) is 22.6. The van der Waals surface area contributed by atoms with Gasteiger partial charge >= 0.3 is 0 Å². The maximum atomic E-state index is 12.9. The molecule has 0 spiro atoms. The third-order valence-corrected chi connectivity index (χ3v) is 7.63. The lowest BCUT2D eigenvalue weighted by atomic mass is 9.76. The van der Waals surface area contributed by atoms with Gasteiger partial charge in [0, 0.05) is 12.8 Å². The van der Waals surface area contributed by atoms with E-state index in [1.807, 2.05) is 24.3 Å². The number of hydrogen-bond donors (Lipinski definition) is 0. The molecule has 3 nitrogen and oxygen atoms in total. The van der Waals surface area contributed by atoms with E-state index in [9.17, 15) is 9.59 Å². The van der Waals surface area contributed by atoms with Crippen LogP contribution in [-0.2, 0) is 16.0 Å². The number of Topliss-reactive ketones (excluding diaryl/α,β-unsaturated/α-hetero) is 2. The summed E-state index contributed by atoms with van der Waals surface area (Å²) in [5.41, 5.74) is 3.24. The highest BCUT2D eigenvalue weighted by molar-refractivity contribution is 6.03. The van der Waals surface area contributed by atoms with Gasteiger partial charge in [-0.2, -0.15) is 0 Å². The van der Waals surface area contributed by atoms with Crippen molar-refractivity contribution < 1.29 is 14.3 Å². The third-order valence-electron chi connectivity index (χ3n) is 7.63. The van der Waals surface area contributed by atoms with Gasteiger partial charge in [0.1, 0.15) is 17.3 Å². The summed E-state index contributed by atoms with van der Waals surface area (Å²) in [4.78, 5) is 25.6. The minimum Gasteiger partial charge on any atom is -0.494 e. The molecule has 0 aromatic heterocycles. The molecular formula is C33H46O3. The maximum Gasteiger partial charge on any atom is 0.147 e. The van der Waals surface area contributed by atoms with Gasteiger partial charge in [-0.05, 0) is 54.0 Å². The first-order chi connectivity index (χ1) is 17.6. The van der Waals surface area contributed by atoms with Gasteiger partial charge in [0.05, 0.1) is 12.5 Å². The van der Waals surface area contributed by atoms with Gasteiger partial charge in [0.2, 0.25) is 0 Å². The van der Waals surface area contributed by atoms with Crippen molar-refractivity contribution in [1.29, 1.82) is 0 Å². The predicted octanol–water partition coefficient (Wildman–Crippen LogP) is 8.77. The van der Waals surface area contributed by atoms with Crippen LogP contribution in [0, 0.1) is 11.8 Å². The lowest BCUT2D eigenvalue weighted by molar-refractivity contribution is -0.135. The predicted molar refractivity (Wildman–Crippen MR) is 149 cm³/mol. The Balaban J connectivity index is 1.43. The second-order valence-electron chi connectivity index (χ2n) is 10.6. The fourth-order valence-corrected chi connectivity index (χ4v) is 5.32. The third kappa shape index (κ3) is 9.22. The topological polar surface area (TPSA) is 43.4 Å². The standard InChI is InChI=1S/C33H46O3/c1-3-5-7-9-10-12-26-15-22-31(32(34)24-26)33(35)25-27-13-16-28(17-14-27)29-18-20-30(21-19-29)36-23-11-8-6-4-2/h13-14,16-21,26,31H,3-12,15,22-25H2,1-2H3. The summed E-state index contributed by atoms with van der Waals surface area (Å²) in [7, 11) is 0. The van der Waals surface area contributed by atoms with Crippen LogP contribution < -0.4 is 4.74 Å².